The number of rotatable bonds is 4. The summed E-state index contributed by atoms with van der Waals surface area (Å²) in [5, 5.41) is 12.2. The van der Waals surface area contributed by atoms with E-state index in [0.717, 1.165) is 28.2 Å². The number of hydrogen-bond acceptors (Lipinski definition) is 4. The van der Waals surface area contributed by atoms with Crippen LogP contribution < -0.4 is 10.1 Å². The van der Waals surface area contributed by atoms with E-state index in [2.05, 4.69) is 31.3 Å². The van der Waals surface area contributed by atoms with Crippen molar-refractivity contribution in [2.75, 3.05) is 5.75 Å². The molecule has 2 atom stereocenters. The van der Waals surface area contributed by atoms with Gasteiger partial charge < -0.3 is 9.84 Å². The summed E-state index contributed by atoms with van der Waals surface area (Å²) in [4.78, 5) is 11.0. The lowest BCUT2D eigenvalue weighted by atomic mass is 10.1. The molecule has 1 heterocycles. The first-order chi connectivity index (χ1) is 11.5. The number of carboxylic acid groups (broad SMARTS) is 1. The van der Waals surface area contributed by atoms with Gasteiger partial charge in [0.1, 0.15) is 17.5 Å². The van der Waals surface area contributed by atoms with E-state index in [-0.39, 0.29) is 5.37 Å². The highest BCUT2D eigenvalue weighted by Crippen LogP contribution is 2.35. The molecule has 126 valence electrons. The van der Waals surface area contributed by atoms with Crippen molar-refractivity contribution >= 4 is 17.7 Å². The Hall–Kier alpha value is -1.98. The number of thioether (sulfide) groups is 1. The number of aryl methyl sites for hydroxylation is 2. The normalized spacial score (nSPS) is 20.1. The quantitative estimate of drug-likeness (QED) is 0.871. The highest BCUT2D eigenvalue weighted by Gasteiger charge is 2.30. The molecule has 0 saturated carbocycles. The summed E-state index contributed by atoms with van der Waals surface area (Å²) < 4.78 is 6.08. The second-order valence-electron chi connectivity index (χ2n) is 6.10. The van der Waals surface area contributed by atoms with E-state index in [1.165, 1.54) is 5.56 Å². The molecule has 5 heteroatoms. The van der Waals surface area contributed by atoms with Crippen molar-refractivity contribution in [3.8, 4) is 11.5 Å². The number of carbonyl (C=O) groups is 1. The van der Waals surface area contributed by atoms with E-state index in [1.807, 2.05) is 31.2 Å². The fraction of sp³-hybridized carbons (Fsp3) is 0.316. The first-order valence-electron chi connectivity index (χ1n) is 7.91. The molecule has 3 rings (SSSR count). The minimum atomic E-state index is -0.796. The van der Waals surface area contributed by atoms with Gasteiger partial charge in [0.15, 0.2) is 0 Å². The molecule has 1 aliphatic heterocycles. The molecule has 0 aliphatic carbocycles. The Morgan fingerprint density at radius 1 is 1.12 bits per heavy atom. The second-order valence-corrected chi connectivity index (χ2v) is 7.23. The fourth-order valence-electron chi connectivity index (χ4n) is 2.72. The lowest BCUT2D eigenvalue weighted by Gasteiger charge is -2.15. The Morgan fingerprint density at radius 3 is 2.42 bits per heavy atom. The van der Waals surface area contributed by atoms with Crippen molar-refractivity contribution in [1.29, 1.82) is 0 Å². The summed E-state index contributed by atoms with van der Waals surface area (Å²) in [5.41, 5.74) is 4.53. The molecular weight excluding hydrogens is 322 g/mol. The zero-order valence-electron chi connectivity index (χ0n) is 14.0. The van der Waals surface area contributed by atoms with E-state index in [4.69, 9.17) is 9.84 Å². The summed E-state index contributed by atoms with van der Waals surface area (Å²) in [6.07, 6.45) is 0. The van der Waals surface area contributed by atoms with Crippen molar-refractivity contribution < 1.29 is 14.6 Å². The Balaban J connectivity index is 1.74. The van der Waals surface area contributed by atoms with Crippen LogP contribution in [0.2, 0.25) is 0 Å². The smallest absolute Gasteiger partial charge is 0.321 e. The molecule has 2 aromatic carbocycles. The van der Waals surface area contributed by atoms with E-state index >= 15 is 0 Å². The Labute approximate surface area is 146 Å². The largest absolute Gasteiger partial charge is 0.480 e. The van der Waals surface area contributed by atoms with Crippen LogP contribution in [0.25, 0.3) is 0 Å². The molecule has 0 amide bonds. The van der Waals surface area contributed by atoms with Crippen LogP contribution in [-0.4, -0.2) is 22.9 Å². The minimum Gasteiger partial charge on any atom is -0.480 e. The third kappa shape index (κ3) is 3.42. The zero-order chi connectivity index (χ0) is 17.3. The van der Waals surface area contributed by atoms with Crippen LogP contribution in [0, 0.1) is 20.8 Å². The molecule has 0 spiro atoms. The maximum atomic E-state index is 11.0. The summed E-state index contributed by atoms with van der Waals surface area (Å²) in [6.45, 7) is 6.19. The lowest BCUT2D eigenvalue weighted by molar-refractivity contribution is -0.138. The average molecular weight is 343 g/mol. The van der Waals surface area contributed by atoms with Crippen LogP contribution in [0.1, 0.15) is 27.6 Å². The van der Waals surface area contributed by atoms with Crippen LogP contribution in [0.4, 0.5) is 0 Å². The number of hydrogen-bond donors (Lipinski definition) is 2. The molecule has 2 aromatic rings. The first kappa shape index (κ1) is 16.9. The van der Waals surface area contributed by atoms with Gasteiger partial charge in [-0.25, -0.2) is 0 Å². The van der Waals surface area contributed by atoms with Gasteiger partial charge >= 0.3 is 5.97 Å². The molecule has 1 fully saturated rings. The Bertz CT molecular complexity index is 758. The standard InChI is InChI=1S/C19H21NO3S/c1-11-4-5-12(2)17(13(11)3)23-15-8-6-14(7-9-15)18-20-16(10-24-18)19(21)22/h4-9,16,18,20H,10H2,1-3H3,(H,21,22). The molecule has 0 bridgehead atoms. The number of aliphatic carboxylic acids is 1. The van der Waals surface area contributed by atoms with Crippen LogP contribution in [0.15, 0.2) is 36.4 Å². The number of carboxylic acids is 1. The third-order valence-corrected chi connectivity index (χ3v) is 5.62. The van der Waals surface area contributed by atoms with Gasteiger partial charge in [0.25, 0.3) is 0 Å². The maximum absolute atomic E-state index is 11.0. The summed E-state index contributed by atoms with van der Waals surface area (Å²) in [6, 6.07) is 11.5. The van der Waals surface area contributed by atoms with E-state index in [9.17, 15) is 4.79 Å². The average Bonchev–Trinajstić information content (AvgIpc) is 3.06. The monoisotopic (exact) mass is 343 g/mol. The summed E-state index contributed by atoms with van der Waals surface area (Å²) >= 11 is 1.62. The molecule has 0 radical (unpaired) electrons. The van der Waals surface area contributed by atoms with Gasteiger partial charge in [0, 0.05) is 5.75 Å². The predicted octanol–water partition coefficient (Wildman–Crippen LogP) is 4.19. The van der Waals surface area contributed by atoms with Crippen molar-refractivity contribution in [3.05, 3.63) is 58.7 Å². The number of ether oxygens (including phenoxy) is 1. The Kier molecular flexibility index (Phi) is 4.83. The van der Waals surface area contributed by atoms with Crippen molar-refractivity contribution in [2.45, 2.75) is 32.2 Å². The number of benzene rings is 2. The van der Waals surface area contributed by atoms with Crippen LogP contribution >= 0.6 is 11.8 Å². The first-order valence-corrected chi connectivity index (χ1v) is 8.95. The van der Waals surface area contributed by atoms with Crippen molar-refractivity contribution in [3.63, 3.8) is 0 Å². The van der Waals surface area contributed by atoms with Gasteiger partial charge in [-0.1, -0.05) is 24.3 Å². The highest BCUT2D eigenvalue weighted by molar-refractivity contribution is 7.99. The highest BCUT2D eigenvalue weighted by atomic mass is 32.2. The molecular formula is C19H21NO3S. The van der Waals surface area contributed by atoms with E-state index < -0.39 is 12.0 Å². The second kappa shape index (κ2) is 6.87. The molecule has 1 aliphatic rings. The summed E-state index contributed by atoms with van der Waals surface area (Å²) in [7, 11) is 0. The molecule has 0 aromatic heterocycles. The van der Waals surface area contributed by atoms with Gasteiger partial charge in [0.05, 0.1) is 5.37 Å². The van der Waals surface area contributed by atoms with Gasteiger partial charge in [-0.2, -0.15) is 0 Å². The predicted molar refractivity (Wildman–Crippen MR) is 96.9 cm³/mol. The van der Waals surface area contributed by atoms with Crippen molar-refractivity contribution in [1.82, 2.24) is 5.32 Å². The molecule has 2 unspecified atom stereocenters. The van der Waals surface area contributed by atoms with Gasteiger partial charge in [-0.05, 0) is 55.2 Å². The molecule has 4 nitrogen and oxygen atoms in total. The zero-order valence-corrected chi connectivity index (χ0v) is 14.8. The van der Waals surface area contributed by atoms with Crippen LogP contribution in [-0.2, 0) is 4.79 Å². The van der Waals surface area contributed by atoms with Crippen LogP contribution in [0.3, 0.4) is 0 Å². The fourth-order valence-corrected chi connectivity index (χ4v) is 3.95. The molecule has 2 N–H and O–H groups in total. The van der Waals surface area contributed by atoms with Crippen molar-refractivity contribution in [2.24, 2.45) is 0 Å². The minimum absolute atomic E-state index is 0.0163. The van der Waals surface area contributed by atoms with Crippen LogP contribution in [0.5, 0.6) is 11.5 Å². The molecule has 1 saturated heterocycles. The van der Waals surface area contributed by atoms with Gasteiger partial charge in [-0.15, -0.1) is 11.8 Å². The van der Waals surface area contributed by atoms with Gasteiger partial charge in [-0.3, -0.25) is 10.1 Å². The summed E-state index contributed by atoms with van der Waals surface area (Å²) in [5.74, 6) is 1.48. The maximum Gasteiger partial charge on any atom is 0.321 e. The van der Waals surface area contributed by atoms with E-state index in [0.29, 0.717) is 5.75 Å². The lowest BCUT2D eigenvalue weighted by Crippen LogP contribution is -2.33. The Morgan fingerprint density at radius 2 is 1.79 bits per heavy atom. The topological polar surface area (TPSA) is 58.6 Å². The van der Waals surface area contributed by atoms with E-state index in [1.54, 1.807) is 11.8 Å². The van der Waals surface area contributed by atoms with Gasteiger partial charge in [0.2, 0.25) is 0 Å². The third-order valence-electron chi connectivity index (χ3n) is 4.36. The SMILES string of the molecule is Cc1ccc(C)c(Oc2ccc(C3NC(C(=O)O)CS3)cc2)c1C. The molecule has 24 heavy (non-hydrogen) atoms. The number of nitrogens with one attached hydrogen (secondary N) is 1.